The number of nitrogens with one attached hydrogen (secondary N) is 1. The third-order valence-corrected chi connectivity index (χ3v) is 2.97. The first-order chi connectivity index (χ1) is 5.70. The van der Waals surface area contributed by atoms with Gasteiger partial charge in [0.05, 0.1) is 6.10 Å². The van der Waals surface area contributed by atoms with Crippen molar-refractivity contribution in [2.24, 2.45) is 11.7 Å². The summed E-state index contributed by atoms with van der Waals surface area (Å²) in [4.78, 5) is 0. The van der Waals surface area contributed by atoms with E-state index in [2.05, 4.69) is 19.2 Å². The van der Waals surface area contributed by atoms with Crippen LogP contribution in [0, 0.1) is 5.92 Å². The Hall–Kier alpha value is -0.120. The molecule has 0 radical (unpaired) electrons. The fraction of sp³-hybridized carbons (Fsp3) is 1.00. The van der Waals surface area contributed by atoms with Crippen LogP contribution in [0.4, 0.5) is 0 Å². The molecule has 12 heavy (non-hydrogen) atoms. The maximum atomic E-state index is 6.01. The van der Waals surface area contributed by atoms with Crippen molar-refractivity contribution in [1.29, 1.82) is 0 Å². The van der Waals surface area contributed by atoms with Crippen molar-refractivity contribution in [3.05, 3.63) is 0 Å². The van der Waals surface area contributed by atoms with Crippen LogP contribution in [-0.4, -0.2) is 30.8 Å². The van der Waals surface area contributed by atoms with Gasteiger partial charge >= 0.3 is 0 Å². The molecule has 0 aromatic carbocycles. The van der Waals surface area contributed by atoms with Crippen LogP contribution in [0.15, 0.2) is 0 Å². The molecular weight excluding hydrogens is 152 g/mol. The molecule has 70 valence electrons. The maximum absolute atomic E-state index is 6.01. The molecule has 2 aliphatic rings. The fourth-order valence-electron chi connectivity index (χ4n) is 2.34. The number of hydrogen-bond acceptors (Lipinski definition) is 3. The van der Waals surface area contributed by atoms with Crippen LogP contribution in [0.3, 0.4) is 0 Å². The van der Waals surface area contributed by atoms with E-state index in [4.69, 9.17) is 10.5 Å². The van der Waals surface area contributed by atoms with Gasteiger partial charge in [0, 0.05) is 30.7 Å². The van der Waals surface area contributed by atoms with Crippen LogP contribution < -0.4 is 11.1 Å². The molecule has 0 amide bonds. The summed E-state index contributed by atoms with van der Waals surface area (Å²) in [5.41, 5.74) is 6.01. The van der Waals surface area contributed by atoms with Gasteiger partial charge in [0.2, 0.25) is 0 Å². The zero-order valence-corrected chi connectivity index (χ0v) is 7.79. The minimum atomic E-state index is 0.319. The molecule has 1 aliphatic heterocycles. The molecule has 0 bridgehead atoms. The van der Waals surface area contributed by atoms with Crippen molar-refractivity contribution in [3.8, 4) is 0 Å². The fourth-order valence-corrected chi connectivity index (χ4v) is 2.34. The summed E-state index contributed by atoms with van der Waals surface area (Å²) in [7, 11) is 0. The summed E-state index contributed by atoms with van der Waals surface area (Å²) in [6.45, 7) is 5.20. The highest BCUT2D eigenvalue weighted by Gasteiger charge is 2.51. The normalized spacial score (nSPS) is 46.0. The Morgan fingerprint density at radius 1 is 1.50 bits per heavy atom. The number of nitrogens with two attached hydrogens (primary N) is 1. The SMILES string of the molecule is CC(C)NC1C(N)C2CCOC21. The summed E-state index contributed by atoms with van der Waals surface area (Å²) in [6.07, 6.45) is 1.56. The smallest absolute Gasteiger partial charge is 0.0787 e. The first-order valence-corrected chi connectivity index (χ1v) is 4.83. The Bertz CT molecular complexity index is 172. The Kier molecular flexibility index (Phi) is 2.10. The summed E-state index contributed by atoms with van der Waals surface area (Å²) < 4.78 is 5.59. The molecular formula is C9H18N2O. The Morgan fingerprint density at radius 2 is 2.25 bits per heavy atom. The van der Waals surface area contributed by atoms with Crippen molar-refractivity contribution in [1.82, 2.24) is 5.32 Å². The van der Waals surface area contributed by atoms with Gasteiger partial charge in [-0.3, -0.25) is 0 Å². The molecule has 2 rings (SSSR count). The molecule has 1 aliphatic carbocycles. The van der Waals surface area contributed by atoms with E-state index < -0.39 is 0 Å². The van der Waals surface area contributed by atoms with Crippen LogP contribution >= 0.6 is 0 Å². The number of rotatable bonds is 2. The lowest BCUT2D eigenvalue weighted by Gasteiger charge is -2.46. The molecule has 3 nitrogen and oxygen atoms in total. The predicted molar refractivity (Wildman–Crippen MR) is 47.9 cm³/mol. The molecule has 0 spiro atoms. The van der Waals surface area contributed by atoms with Crippen molar-refractivity contribution in [2.45, 2.75) is 44.5 Å². The average Bonchev–Trinajstić information content (AvgIpc) is 2.44. The summed E-state index contributed by atoms with van der Waals surface area (Å²) in [6, 6.07) is 1.23. The van der Waals surface area contributed by atoms with Crippen molar-refractivity contribution in [2.75, 3.05) is 6.61 Å². The van der Waals surface area contributed by atoms with Crippen LogP contribution in [0.2, 0.25) is 0 Å². The summed E-state index contributed by atoms with van der Waals surface area (Å²) >= 11 is 0. The zero-order chi connectivity index (χ0) is 8.72. The summed E-state index contributed by atoms with van der Waals surface area (Å²) in [5, 5.41) is 3.45. The van der Waals surface area contributed by atoms with E-state index >= 15 is 0 Å². The first-order valence-electron chi connectivity index (χ1n) is 4.83. The monoisotopic (exact) mass is 170 g/mol. The standard InChI is InChI=1S/C9H18N2O/c1-5(2)11-8-7(10)6-3-4-12-9(6)8/h5-9,11H,3-4,10H2,1-2H3. The molecule has 4 atom stereocenters. The Balaban J connectivity index is 1.91. The third kappa shape index (κ3) is 1.16. The molecule has 3 N–H and O–H groups in total. The number of fused-ring (bicyclic) bond motifs is 1. The average molecular weight is 170 g/mol. The molecule has 1 saturated carbocycles. The maximum Gasteiger partial charge on any atom is 0.0787 e. The van der Waals surface area contributed by atoms with E-state index in [0.29, 0.717) is 30.1 Å². The number of ether oxygens (including phenoxy) is 1. The molecule has 4 unspecified atom stereocenters. The Morgan fingerprint density at radius 3 is 2.92 bits per heavy atom. The van der Waals surface area contributed by atoms with Crippen LogP contribution in [0.1, 0.15) is 20.3 Å². The molecule has 3 heteroatoms. The highest BCUT2D eigenvalue weighted by Crippen LogP contribution is 2.37. The van der Waals surface area contributed by atoms with Gasteiger partial charge in [-0.05, 0) is 6.42 Å². The van der Waals surface area contributed by atoms with Crippen molar-refractivity contribution < 1.29 is 4.74 Å². The summed E-state index contributed by atoms with van der Waals surface area (Å²) in [5.74, 6) is 0.626. The van der Waals surface area contributed by atoms with Gasteiger partial charge < -0.3 is 15.8 Å². The minimum Gasteiger partial charge on any atom is -0.376 e. The third-order valence-electron chi connectivity index (χ3n) is 2.97. The topological polar surface area (TPSA) is 47.3 Å². The minimum absolute atomic E-state index is 0.319. The van der Waals surface area contributed by atoms with Gasteiger partial charge in [0.25, 0.3) is 0 Å². The van der Waals surface area contributed by atoms with Crippen molar-refractivity contribution in [3.63, 3.8) is 0 Å². The van der Waals surface area contributed by atoms with Gasteiger partial charge in [-0.1, -0.05) is 13.8 Å². The zero-order valence-electron chi connectivity index (χ0n) is 7.79. The van der Waals surface area contributed by atoms with Gasteiger partial charge in [-0.2, -0.15) is 0 Å². The van der Waals surface area contributed by atoms with Gasteiger partial charge in [0.1, 0.15) is 0 Å². The van der Waals surface area contributed by atoms with E-state index in [1.165, 1.54) is 0 Å². The molecule has 2 fully saturated rings. The van der Waals surface area contributed by atoms with Crippen LogP contribution in [0.25, 0.3) is 0 Å². The van der Waals surface area contributed by atoms with E-state index in [-0.39, 0.29) is 0 Å². The van der Waals surface area contributed by atoms with Crippen LogP contribution in [-0.2, 0) is 4.74 Å². The van der Waals surface area contributed by atoms with Gasteiger partial charge in [-0.25, -0.2) is 0 Å². The van der Waals surface area contributed by atoms with E-state index in [1.807, 2.05) is 0 Å². The lowest BCUT2D eigenvalue weighted by molar-refractivity contribution is -0.0210. The largest absolute Gasteiger partial charge is 0.376 e. The predicted octanol–water partition coefficient (Wildman–Crippen LogP) is 0.0990. The van der Waals surface area contributed by atoms with Gasteiger partial charge in [-0.15, -0.1) is 0 Å². The first kappa shape index (κ1) is 8.48. The second-order valence-electron chi connectivity index (χ2n) is 4.21. The number of hydrogen-bond donors (Lipinski definition) is 2. The van der Waals surface area contributed by atoms with Gasteiger partial charge in [0.15, 0.2) is 0 Å². The second-order valence-corrected chi connectivity index (χ2v) is 4.21. The Labute approximate surface area is 73.7 Å². The molecule has 0 aromatic heterocycles. The quantitative estimate of drug-likeness (QED) is 0.618. The second kappa shape index (κ2) is 2.98. The lowest BCUT2D eigenvalue weighted by Crippen LogP contribution is -2.69. The van der Waals surface area contributed by atoms with Crippen LogP contribution in [0.5, 0.6) is 0 Å². The molecule has 1 heterocycles. The lowest BCUT2D eigenvalue weighted by atomic mass is 9.72. The van der Waals surface area contributed by atoms with Crippen molar-refractivity contribution >= 4 is 0 Å². The van der Waals surface area contributed by atoms with E-state index in [0.717, 1.165) is 13.0 Å². The highest BCUT2D eigenvalue weighted by molar-refractivity contribution is 5.08. The highest BCUT2D eigenvalue weighted by atomic mass is 16.5. The molecule has 1 saturated heterocycles. The van der Waals surface area contributed by atoms with E-state index in [9.17, 15) is 0 Å². The van der Waals surface area contributed by atoms with E-state index in [1.54, 1.807) is 0 Å². The molecule has 0 aromatic rings.